The summed E-state index contributed by atoms with van der Waals surface area (Å²) in [5, 5.41) is 7.58. The third-order valence-corrected chi connectivity index (χ3v) is 6.61. The molecule has 9 heteroatoms. The van der Waals surface area contributed by atoms with Crippen molar-refractivity contribution in [2.45, 2.75) is 44.7 Å². The molecule has 3 fully saturated rings. The predicted molar refractivity (Wildman–Crippen MR) is 128 cm³/mol. The summed E-state index contributed by atoms with van der Waals surface area (Å²) in [5.74, 6) is 1.07. The van der Waals surface area contributed by atoms with E-state index in [1.807, 2.05) is 6.07 Å². The van der Waals surface area contributed by atoms with Gasteiger partial charge in [0.15, 0.2) is 5.96 Å². The molecule has 1 aromatic heterocycles. The molecule has 3 saturated heterocycles. The zero-order chi connectivity index (χ0) is 19.9. The molecule has 0 atom stereocenters. The van der Waals surface area contributed by atoms with Crippen molar-refractivity contribution in [3.8, 4) is 0 Å². The highest BCUT2D eigenvalue weighted by Crippen LogP contribution is 2.31. The van der Waals surface area contributed by atoms with Crippen LogP contribution in [0.5, 0.6) is 0 Å². The molecule has 4 rings (SSSR count). The Balaban J connectivity index is 0.00000256. The van der Waals surface area contributed by atoms with E-state index in [0.717, 1.165) is 83.5 Å². The second-order valence-electron chi connectivity index (χ2n) is 8.46. The van der Waals surface area contributed by atoms with E-state index in [9.17, 15) is 0 Å². The molecule has 0 aromatic carbocycles. The highest BCUT2D eigenvalue weighted by Gasteiger charge is 2.39. The monoisotopic (exact) mass is 532 g/mol. The van der Waals surface area contributed by atoms with Crippen LogP contribution in [0.25, 0.3) is 0 Å². The minimum absolute atomic E-state index is 0. The number of aromatic nitrogens is 1. The van der Waals surface area contributed by atoms with Crippen molar-refractivity contribution in [2.75, 3.05) is 65.6 Å². The van der Waals surface area contributed by atoms with Crippen LogP contribution >= 0.6 is 24.0 Å². The van der Waals surface area contributed by atoms with E-state index < -0.39 is 0 Å². The van der Waals surface area contributed by atoms with Crippen LogP contribution in [0, 0.1) is 0 Å². The lowest BCUT2D eigenvalue weighted by atomic mass is 9.88. The largest absolute Gasteiger partial charge is 0.381 e. The molecule has 0 aliphatic carbocycles. The highest BCUT2D eigenvalue weighted by molar-refractivity contribution is 14.0. The Kier molecular flexibility index (Phi) is 9.21. The summed E-state index contributed by atoms with van der Waals surface area (Å²) in [5.41, 5.74) is 1.19. The summed E-state index contributed by atoms with van der Waals surface area (Å²) in [6.45, 7) is 13.0. The highest BCUT2D eigenvalue weighted by atomic mass is 127. The first-order chi connectivity index (χ1) is 14.3. The first-order valence-corrected chi connectivity index (χ1v) is 11.3. The Hall–Kier alpha value is -0.910. The van der Waals surface area contributed by atoms with Gasteiger partial charge in [-0.15, -0.1) is 24.0 Å². The Labute approximate surface area is 197 Å². The fraction of sp³-hybridized carbons (Fsp3) is 0.810. The van der Waals surface area contributed by atoms with Gasteiger partial charge in [-0.05, 0) is 45.7 Å². The van der Waals surface area contributed by atoms with Crippen molar-refractivity contribution >= 4 is 29.9 Å². The molecule has 0 radical (unpaired) electrons. The fourth-order valence-corrected chi connectivity index (χ4v) is 4.83. The molecule has 4 heterocycles. The second kappa shape index (κ2) is 11.6. The minimum Gasteiger partial charge on any atom is -0.381 e. The summed E-state index contributed by atoms with van der Waals surface area (Å²) in [6.07, 6.45) is 6.48. The lowest BCUT2D eigenvalue weighted by molar-refractivity contribution is -0.0140. The normalized spacial score (nSPS) is 23.4. The minimum atomic E-state index is 0. The number of halogens is 1. The van der Waals surface area contributed by atoms with Crippen molar-refractivity contribution < 1.29 is 9.26 Å². The van der Waals surface area contributed by atoms with Gasteiger partial charge in [-0.3, -0.25) is 14.8 Å². The molecule has 3 aliphatic rings. The van der Waals surface area contributed by atoms with Crippen molar-refractivity contribution in [1.29, 1.82) is 0 Å². The van der Waals surface area contributed by atoms with Gasteiger partial charge < -0.3 is 19.5 Å². The number of guanidine groups is 1. The molecule has 30 heavy (non-hydrogen) atoms. The van der Waals surface area contributed by atoms with Gasteiger partial charge in [0.1, 0.15) is 6.26 Å². The molecule has 0 amide bonds. The van der Waals surface area contributed by atoms with E-state index in [2.05, 4.69) is 32.1 Å². The molecular weight excluding hydrogens is 495 g/mol. The molecule has 0 bridgehead atoms. The number of rotatable bonds is 6. The number of aliphatic imine (C=N–C) groups is 1. The standard InChI is InChI=1S/C21H36N6O2.HI/c1-2-22-20(26-12-10-25(11-13-26)17-19-5-14-29-24-19)23-18-21(6-15-28-16-7-21)27-8-3-4-9-27;/h5,14H,2-4,6-13,15-18H2,1H3,(H,22,23);1H. The number of hydrogen-bond acceptors (Lipinski definition) is 6. The van der Waals surface area contributed by atoms with Gasteiger partial charge in [0.05, 0.1) is 12.2 Å². The van der Waals surface area contributed by atoms with Crippen LogP contribution in [0.2, 0.25) is 0 Å². The number of piperazine rings is 1. The maximum absolute atomic E-state index is 5.69. The third-order valence-electron chi connectivity index (χ3n) is 6.61. The summed E-state index contributed by atoms with van der Waals surface area (Å²) in [7, 11) is 0. The second-order valence-corrected chi connectivity index (χ2v) is 8.46. The van der Waals surface area contributed by atoms with E-state index in [1.165, 1.54) is 25.9 Å². The molecule has 3 aliphatic heterocycles. The molecule has 1 N–H and O–H groups in total. The first kappa shape index (κ1) is 23.7. The van der Waals surface area contributed by atoms with Crippen LogP contribution in [0.4, 0.5) is 0 Å². The first-order valence-electron chi connectivity index (χ1n) is 11.3. The van der Waals surface area contributed by atoms with Crippen LogP contribution < -0.4 is 5.32 Å². The lowest BCUT2D eigenvalue weighted by Crippen LogP contribution is -2.55. The van der Waals surface area contributed by atoms with Crippen molar-refractivity contribution in [3.63, 3.8) is 0 Å². The molecule has 8 nitrogen and oxygen atoms in total. The molecule has 0 saturated carbocycles. The number of nitrogens with one attached hydrogen (secondary N) is 1. The maximum Gasteiger partial charge on any atom is 0.194 e. The SMILES string of the molecule is CCNC(=NCC1(N2CCCC2)CCOCC1)N1CCN(Cc2ccon2)CC1.I. The Morgan fingerprint density at radius 3 is 2.50 bits per heavy atom. The van der Waals surface area contributed by atoms with Gasteiger partial charge in [0, 0.05) is 64.1 Å². The van der Waals surface area contributed by atoms with Crippen LogP contribution in [0.1, 0.15) is 38.3 Å². The van der Waals surface area contributed by atoms with E-state index in [-0.39, 0.29) is 29.5 Å². The zero-order valence-corrected chi connectivity index (χ0v) is 20.6. The van der Waals surface area contributed by atoms with E-state index in [4.69, 9.17) is 14.3 Å². The number of likely N-dealkylation sites (tertiary alicyclic amines) is 1. The number of hydrogen-bond donors (Lipinski definition) is 1. The third kappa shape index (κ3) is 5.86. The van der Waals surface area contributed by atoms with Gasteiger partial charge in [0.2, 0.25) is 0 Å². The quantitative estimate of drug-likeness (QED) is 0.342. The van der Waals surface area contributed by atoms with Gasteiger partial charge in [-0.2, -0.15) is 0 Å². The van der Waals surface area contributed by atoms with E-state index in [1.54, 1.807) is 6.26 Å². The summed E-state index contributed by atoms with van der Waals surface area (Å²) in [6, 6.07) is 1.95. The molecule has 0 unspecified atom stereocenters. The average Bonchev–Trinajstić information content (AvgIpc) is 3.47. The van der Waals surface area contributed by atoms with Crippen LogP contribution in [0.15, 0.2) is 21.8 Å². The zero-order valence-electron chi connectivity index (χ0n) is 18.2. The average molecular weight is 532 g/mol. The smallest absolute Gasteiger partial charge is 0.194 e. The summed E-state index contributed by atoms with van der Waals surface area (Å²) in [4.78, 5) is 12.7. The van der Waals surface area contributed by atoms with E-state index in [0.29, 0.717) is 0 Å². The van der Waals surface area contributed by atoms with Crippen molar-refractivity contribution in [1.82, 2.24) is 25.2 Å². The summed E-state index contributed by atoms with van der Waals surface area (Å²) < 4.78 is 10.7. The Morgan fingerprint density at radius 1 is 1.13 bits per heavy atom. The topological polar surface area (TPSA) is 69.4 Å². The molecular formula is C21H37IN6O2. The summed E-state index contributed by atoms with van der Waals surface area (Å²) >= 11 is 0. The van der Waals surface area contributed by atoms with Gasteiger partial charge >= 0.3 is 0 Å². The number of ether oxygens (including phenoxy) is 1. The van der Waals surface area contributed by atoms with Crippen LogP contribution in [0.3, 0.4) is 0 Å². The number of nitrogens with zero attached hydrogens (tertiary/aromatic N) is 5. The molecule has 1 aromatic rings. The molecule has 0 spiro atoms. The lowest BCUT2D eigenvalue weighted by Gasteiger charge is -2.44. The Morgan fingerprint density at radius 2 is 1.87 bits per heavy atom. The maximum atomic E-state index is 5.69. The van der Waals surface area contributed by atoms with Gasteiger partial charge in [0.25, 0.3) is 0 Å². The fourth-order valence-electron chi connectivity index (χ4n) is 4.83. The van der Waals surface area contributed by atoms with Crippen LogP contribution in [-0.4, -0.2) is 96.9 Å². The van der Waals surface area contributed by atoms with Gasteiger partial charge in [-0.1, -0.05) is 5.16 Å². The predicted octanol–water partition coefficient (Wildman–Crippen LogP) is 2.02. The van der Waals surface area contributed by atoms with Crippen molar-refractivity contribution in [2.24, 2.45) is 4.99 Å². The van der Waals surface area contributed by atoms with Crippen LogP contribution in [-0.2, 0) is 11.3 Å². The van der Waals surface area contributed by atoms with E-state index >= 15 is 0 Å². The van der Waals surface area contributed by atoms with Gasteiger partial charge in [-0.25, -0.2) is 0 Å². The van der Waals surface area contributed by atoms with Crippen molar-refractivity contribution in [3.05, 3.63) is 18.0 Å². The Bertz CT molecular complexity index is 636. The molecule has 170 valence electrons.